The molecule has 1 heterocycles. The maximum Gasteiger partial charge on any atom is 0.321 e. The summed E-state index contributed by atoms with van der Waals surface area (Å²) >= 11 is 11.8. The van der Waals surface area contributed by atoms with Gasteiger partial charge in [0.05, 0.1) is 6.61 Å². The van der Waals surface area contributed by atoms with Crippen molar-refractivity contribution in [3.63, 3.8) is 0 Å². The molecule has 2 aromatic rings. The highest BCUT2D eigenvalue weighted by Gasteiger charge is 2.30. The summed E-state index contributed by atoms with van der Waals surface area (Å²) in [4.78, 5) is 16.9. The topological polar surface area (TPSA) is 62.2 Å². The highest BCUT2D eigenvalue weighted by molar-refractivity contribution is 6.30. The van der Waals surface area contributed by atoms with Crippen LogP contribution in [0.4, 0.5) is 0 Å². The van der Waals surface area contributed by atoms with Gasteiger partial charge in [-0.25, -0.2) is 0 Å². The quantitative estimate of drug-likeness (QED) is 0.692. The molecule has 3 rings (SSSR count). The first-order valence-corrected chi connectivity index (χ1v) is 9.77. The lowest BCUT2D eigenvalue weighted by molar-refractivity contribution is -0.153. The standard InChI is InChI=1S/C20H22Cl2N2O4/c21-15-1-5-17(6-2-15)27-20(28-18-7-3-16(22)4-8-18)19(26)24-11-9-23(10-12-24)13-14-25/h1-8,20,25H,9-14H2. The lowest BCUT2D eigenvalue weighted by Gasteiger charge is -2.35. The number of β-amino-alcohol motifs (C(OH)–C–C–N with tert-alkyl or cyclic N) is 1. The Labute approximate surface area is 174 Å². The van der Waals surface area contributed by atoms with Crippen molar-refractivity contribution in [3.05, 3.63) is 58.6 Å². The molecule has 0 saturated carbocycles. The molecule has 0 aliphatic carbocycles. The number of hydrogen-bond donors (Lipinski definition) is 1. The average Bonchev–Trinajstić information content (AvgIpc) is 2.71. The Balaban J connectivity index is 1.72. The summed E-state index contributed by atoms with van der Waals surface area (Å²) in [5.74, 6) is 0.708. The number of aliphatic hydroxyl groups is 1. The summed E-state index contributed by atoms with van der Waals surface area (Å²) in [6, 6.07) is 13.5. The van der Waals surface area contributed by atoms with Crippen molar-refractivity contribution in [2.75, 3.05) is 39.3 Å². The monoisotopic (exact) mass is 424 g/mol. The molecule has 6 nitrogen and oxygen atoms in total. The number of amides is 1. The van der Waals surface area contributed by atoms with Crippen LogP contribution >= 0.6 is 23.2 Å². The second-order valence-corrected chi connectivity index (χ2v) is 7.24. The van der Waals surface area contributed by atoms with Crippen LogP contribution in [0, 0.1) is 0 Å². The second-order valence-electron chi connectivity index (χ2n) is 6.37. The first-order chi connectivity index (χ1) is 13.5. The minimum Gasteiger partial charge on any atom is -0.446 e. The number of rotatable bonds is 7. The molecular formula is C20H22Cl2N2O4. The van der Waals surface area contributed by atoms with Gasteiger partial charge in [-0.2, -0.15) is 0 Å². The zero-order chi connectivity index (χ0) is 19.9. The third-order valence-electron chi connectivity index (χ3n) is 4.42. The Morgan fingerprint density at radius 2 is 1.36 bits per heavy atom. The van der Waals surface area contributed by atoms with Gasteiger partial charge < -0.3 is 19.5 Å². The summed E-state index contributed by atoms with van der Waals surface area (Å²) in [7, 11) is 0. The van der Waals surface area contributed by atoms with Crippen molar-refractivity contribution in [2.45, 2.75) is 6.29 Å². The highest BCUT2D eigenvalue weighted by Crippen LogP contribution is 2.21. The predicted molar refractivity (Wildman–Crippen MR) is 108 cm³/mol. The van der Waals surface area contributed by atoms with Gasteiger partial charge >= 0.3 is 12.2 Å². The van der Waals surface area contributed by atoms with Crippen LogP contribution in [0.15, 0.2) is 48.5 Å². The molecule has 0 bridgehead atoms. The van der Waals surface area contributed by atoms with Crippen molar-refractivity contribution in [2.24, 2.45) is 0 Å². The normalized spacial score (nSPS) is 14.9. The molecule has 0 unspecified atom stereocenters. The van der Waals surface area contributed by atoms with Crippen molar-refractivity contribution in [3.8, 4) is 11.5 Å². The van der Waals surface area contributed by atoms with Crippen molar-refractivity contribution in [1.29, 1.82) is 0 Å². The lowest BCUT2D eigenvalue weighted by atomic mass is 10.3. The Bertz CT molecular complexity index is 715. The van der Waals surface area contributed by atoms with E-state index in [0.717, 1.165) is 0 Å². The summed E-state index contributed by atoms with van der Waals surface area (Å²) in [6.45, 7) is 3.19. The number of nitrogens with zero attached hydrogens (tertiary/aromatic N) is 2. The van der Waals surface area contributed by atoms with Crippen LogP contribution < -0.4 is 9.47 Å². The van der Waals surface area contributed by atoms with E-state index in [1.807, 2.05) is 0 Å². The van der Waals surface area contributed by atoms with Crippen molar-refractivity contribution >= 4 is 29.1 Å². The number of aliphatic hydroxyl groups excluding tert-OH is 1. The highest BCUT2D eigenvalue weighted by atomic mass is 35.5. The maximum atomic E-state index is 13.1. The molecule has 1 saturated heterocycles. The summed E-state index contributed by atoms with van der Waals surface area (Å²) in [5, 5.41) is 10.2. The Morgan fingerprint density at radius 3 is 1.79 bits per heavy atom. The van der Waals surface area contributed by atoms with Gasteiger partial charge in [-0.05, 0) is 48.5 Å². The van der Waals surface area contributed by atoms with Crippen LogP contribution in [0.2, 0.25) is 10.0 Å². The number of carbonyl (C=O) groups is 1. The van der Waals surface area contributed by atoms with Gasteiger partial charge in [-0.3, -0.25) is 9.69 Å². The molecule has 0 spiro atoms. The SMILES string of the molecule is O=C(C(Oc1ccc(Cl)cc1)Oc1ccc(Cl)cc1)N1CCN(CCO)CC1. The van der Waals surface area contributed by atoms with E-state index in [2.05, 4.69) is 4.90 Å². The van der Waals surface area contributed by atoms with Gasteiger partial charge in [0.2, 0.25) is 0 Å². The molecule has 0 aromatic heterocycles. The van der Waals surface area contributed by atoms with Gasteiger partial charge in [0, 0.05) is 42.8 Å². The fraction of sp³-hybridized carbons (Fsp3) is 0.350. The minimum atomic E-state index is -1.13. The van der Waals surface area contributed by atoms with Crippen LogP contribution in [0.25, 0.3) is 0 Å². The molecule has 150 valence electrons. The van der Waals surface area contributed by atoms with E-state index in [4.69, 9.17) is 37.8 Å². The van der Waals surface area contributed by atoms with E-state index in [9.17, 15) is 4.79 Å². The molecule has 1 fully saturated rings. The van der Waals surface area contributed by atoms with E-state index in [1.165, 1.54) is 0 Å². The summed E-state index contributed by atoms with van der Waals surface area (Å²) in [5.41, 5.74) is 0. The molecule has 8 heteroatoms. The van der Waals surface area contributed by atoms with E-state index >= 15 is 0 Å². The Kier molecular flexibility index (Phi) is 7.39. The zero-order valence-electron chi connectivity index (χ0n) is 15.3. The number of ether oxygens (including phenoxy) is 2. The molecule has 28 heavy (non-hydrogen) atoms. The third kappa shape index (κ3) is 5.75. The smallest absolute Gasteiger partial charge is 0.321 e. The minimum absolute atomic E-state index is 0.107. The zero-order valence-corrected chi connectivity index (χ0v) is 16.8. The molecular weight excluding hydrogens is 403 g/mol. The number of hydrogen-bond acceptors (Lipinski definition) is 5. The van der Waals surface area contributed by atoms with Gasteiger partial charge in [0.25, 0.3) is 0 Å². The second kappa shape index (κ2) is 9.98. The van der Waals surface area contributed by atoms with Gasteiger partial charge in [0.1, 0.15) is 11.5 Å². The Morgan fingerprint density at radius 1 is 0.893 bits per heavy atom. The lowest BCUT2D eigenvalue weighted by Crippen LogP contribution is -2.54. The van der Waals surface area contributed by atoms with Gasteiger partial charge in [-0.1, -0.05) is 23.2 Å². The largest absolute Gasteiger partial charge is 0.446 e. The first-order valence-electron chi connectivity index (χ1n) is 9.01. The van der Waals surface area contributed by atoms with Gasteiger partial charge in [-0.15, -0.1) is 0 Å². The Hall–Kier alpha value is -1.99. The van der Waals surface area contributed by atoms with Crippen molar-refractivity contribution in [1.82, 2.24) is 9.80 Å². The molecule has 1 aliphatic heterocycles. The van der Waals surface area contributed by atoms with E-state index in [0.29, 0.717) is 54.3 Å². The van der Waals surface area contributed by atoms with Crippen LogP contribution in [0.3, 0.4) is 0 Å². The van der Waals surface area contributed by atoms with Gasteiger partial charge in [0.15, 0.2) is 0 Å². The number of benzene rings is 2. The van der Waals surface area contributed by atoms with E-state index in [-0.39, 0.29) is 12.5 Å². The average molecular weight is 425 g/mol. The van der Waals surface area contributed by atoms with E-state index in [1.54, 1.807) is 53.4 Å². The maximum absolute atomic E-state index is 13.1. The van der Waals surface area contributed by atoms with Crippen LogP contribution in [-0.4, -0.2) is 66.4 Å². The van der Waals surface area contributed by atoms with Crippen LogP contribution in [0.5, 0.6) is 11.5 Å². The molecule has 0 radical (unpaired) electrons. The van der Waals surface area contributed by atoms with Crippen molar-refractivity contribution < 1.29 is 19.4 Å². The fourth-order valence-electron chi connectivity index (χ4n) is 2.88. The van der Waals surface area contributed by atoms with Crippen LogP contribution in [-0.2, 0) is 4.79 Å². The molecule has 1 N–H and O–H groups in total. The number of halogens is 2. The molecule has 1 aliphatic rings. The van der Waals surface area contributed by atoms with E-state index < -0.39 is 6.29 Å². The molecule has 1 amide bonds. The summed E-state index contributed by atoms with van der Waals surface area (Å²) in [6.07, 6.45) is -1.13. The third-order valence-corrected chi connectivity index (χ3v) is 4.92. The molecule has 0 atom stereocenters. The number of carbonyl (C=O) groups excluding carboxylic acids is 1. The van der Waals surface area contributed by atoms with Crippen LogP contribution in [0.1, 0.15) is 0 Å². The predicted octanol–water partition coefficient (Wildman–Crippen LogP) is 2.91. The first kappa shape index (κ1) is 20.7. The summed E-state index contributed by atoms with van der Waals surface area (Å²) < 4.78 is 11.7. The number of piperazine rings is 1. The fourth-order valence-corrected chi connectivity index (χ4v) is 3.13. The molecule has 2 aromatic carbocycles.